The third-order valence-electron chi connectivity index (χ3n) is 6.04. The number of anilines is 1. The van der Waals surface area contributed by atoms with E-state index in [4.69, 9.17) is 11.6 Å². The molecule has 0 radical (unpaired) electrons. The summed E-state index contributed by atoms with van der Waals surface area (Å²) in [6, 6.07) is 13.9. The van der Waals surface area contributed by atoms with E-state index >= 15 is 0 Å². The van der Waals surface area contributed by atoms with Crippen molar-refractivity contribution in [2.24, 2.45) is 11.8 Å². The lowest BCUT2D eigenvalue weighted by Gasteiger charge is -2.40. The van der Waals surface area contributed by atoms with Crippen LogP contribution in [0.15, 0.2) is 66.1 Å². The minimum Gasteiger partial charge on any atom is -0.349 e. The van der Waals surface area contributed by atoms with Crippen LogP contribution in [0.1, 0.15) is 25.8 Å². The number of aryl methyl sites for hydroxylation is 1. The molecule has 182 valence electrons. The lowest BCUT2D eigenvalue weighted by Crippen LogP contribution is -2.55. The van der Waals surface area contributed by atoms with Gasteiger partial charge in [0.05, 0.1) is 15.6 Å². The monoisotopic (exact) mass is 503 g/mol. The van der Waals surface area contributed by atoms with Gasteiger partial charge in [0.2, 0.25) is 21.8 Å². The summed E-state index contributed by atoms with van der Waals surface area (Å²) in [5.74, 6) is -0.636. The van der Waals surface area contributed by atoms with Gasteiger partial charge in [0.15, 0.2) is 0 Å². The van der Waals surface area contributed by atoms with Gasteiger partial charge in [-0.15, -0.1) is 0 Å². The highest BCUT2D eigenvalue weighted by molar-refractivity contribution is 7.89. The second-order valence-corrected chi connectivity index (χ2v) is 11.0. The van der Waals surface area contributed by atoms with Crippen molar-refractivity contribution < 1.29 is 18.0 Å². The van der Waals surface area contributed by atoms with Gasteiger partial charge in [0, 0.05) is 25.6 Å². The molecule has 1 aliphatic rings. The fourth-order valence-corrected chi connectivity index (χ4v) is 6.19. The standard InChI is InChI=1S/C25H30ClN3O4S/c1-4-23(30)28-25-17(2)15-29(16-18(25)3)34(32,33)20-11-12-22(21(26)14-20)27-24(31)13-10-19-8-6-5-7-9-19/h4-9,11-12,14,17-18,25H,1,10,13,15-16H2,2-3H3,(H,27,31)(H,28,30). The molecule has 0 spiro atoms. The molecule has 1 saturated heterocycles. The van der Waals surface area contributed by atoms with E-state index in [2.05, 4.69) is 17.2 Å². The molecule has 9 heteroatoms. The van der Waals surface area contributed by atoms with Crippen molar-refractivity contribution in [1.82, 2.24) is 9.62 Å². The Morgan fingerprint density at radius 2 is 1.76 bits per heavy atom. The van der Waals surface area contributed by atoms with E-state index in [1.54, 1.807) is 0 Å². The predicted octanol–water partition coefficient (Wildman–Crippen LogP) is 3.86. The first-order valence-electron chi connectivity index (χ1n) is 11.2. The zero-order valence-electron chi connectivity index (χ0n) is 19.3. The van der Waals surface area contributed by atoms with Crippen molar-refractivity contribution in [1.29, 1.82) is 0 Å². The molecular weight excluding hydrogens is 474 g/mol. The molecule has 1 heterocycles. The maximum Gasteiger partial charge on any atom is 0.243 e. The average Bonchev–Trinajstić information content (AvgIpc) is 2.81. The highest BCUT2D eigenvalue weighted by atomic mass is 35.5. The van der Waals surface area contributed by atoms with Crippen LogP contribution in [0, 0.1) is 11.8 Å². The molecule has 7 nitrogen and oxygen atoms in total. The van der Waals surface area contributed by atoms with Gasteiger partial charge in [-0.3, -0.25) is 9.59 Å². The van der Waals surface area contributed by atoms with Crippen molar-refractivity contribution in [2.75, 3.05) is 18.4 Å². The number of benzene rings is 2. The maximum atomic E-state index is 13.3. The molecular formula is C25H30ClN3O4S. The molecule has 0 aliphatic carbocycles. The number of rotatable bonds is 8. The maximum absolute atomic E-state index is 13.3. The van der Waals surface area contributed by atoms with Crippen molar-refractivity contribution in [3.05, 3.63) is 71.8 Å². The molecule has 2 aromatic rings. The highest BCUT2D eigenvalue weighted by Crippen LogP contribution is 2.31. The van der Waals surface area contributed by atoms with Crippen LogP contribution in [0.25, 0.3) is 0 Å². The van der Waals surface area contributed by atoms with Crippen LogP contribution in [0.3, 0.4) is 0 Å². The van der Waals surface area contributed by atoms with Crippen LogP contribution in [0.2, 0.25) is 5.02 Å². The third-order valence-corrected chi connectivity index (χ3v) is 8.18. The van der Waals surface area contributed by atoms with Gasteiger partial charge in [0.1, 0.15) is 0 Å². The topological polar surface area (TPSA) is 95.6 Å². The molecule has 0 aromatic heterocycles. The van der Waals surface area contributed by atoms with E-state index in [9.17, 15) is 18.0 Å². The van der Waals surface area contributed by atoms with Gasteiger partial charge in [-0.2, -0.15) is 4.31 Å². The average molecular weight is 504 g/mol. The minimum atomic E-state index is -3.80. The summed E-state index contributed by atoms with van der Waals surface area (Å²) in [5.41, 5.74) is 1.42. The fourth-order valence-electron chi connectivity index (χ4n) is 4.23. The third kappa shape index (κ3) is 6.25. The number of nitrogens with zero attached hydrogens (tertiary/aromatic N) is 1. The first kappa shape index (κ1) is 25.9. The van der Waals surface area contributed by atoms with Crippen molar-refractivity contribution in [2.45, 2.75) is 37.6 Å². The molecule has 2 aromatic carbocycles. The molecule has 0 bridgehead atoms. The second kappa shape index (κ2) is 11.2. The minimum absolute atomic E-state index is 0.0627. The molecule has 2 atom stereocenters. The Balaban J connectivity index is 1.66. The number of sulfonamides is 1. The second-order valence-electron chi connectivity index (χ2n) is 8.69. The van der Waals surface area contributed by atoms with Gasteiger partial charge in [-0.1, -0.05) is 62.4 Å². The Labute approximate surface area is 206 Å². The molecule has 34 heavy (non-hydrogen) atoms. The van der Waals surface area contributed by atoms with E-state index in [1.165, 1.54) is 28.6 Å². The Kier molecular flexibility index (Phi) is 8.52. The number of nitrogens with one attached hydrogen (secondary N) is 2. The molecule has 2 amide bonds. The Hall–Kier alpha value is -2.68. The van der Waals surface area contributed by atoms with Crippen LogP contribution in [0.4, 0.5) is 5.69 Å². The molecule has 3 rings (SSSR count). The van der Waals surface area contributed by atoms with Crippen LogP contribution in [-0.4, -0.2) is 43.7 Å². The summed E-state index contributed by atoms with van der Waals surface area (Å²) in [7, 11) is -3.80. The molecule has 0 saturated carbocycles. The van der Waals surface area contributed by atoms with Crippen molar-refractivity contribution in [3.8, 4) is 0 Å². The van der Waals surface area contributed by atoms with E-state index in [-0.39, 0.29) is 59.1 Å². The lowest BCUT2D eigenvalue weighted by atomic mass is 9.87. The number of carbonyl (C=O) groups is 2. The van der Waals surface area contributed by atoms with Gasteiger partial charge in [-0.25, -0.2) is 8.42 Å². The molecule has 1 aliphatic heterocycles. The number of piperidine rings is 1. The number of carbonyl (C=O) groups excluding carboxylic acids is 2. The quantitative estimate of drug-likeness (QED) is 0.535. The fraction of sp³-hybridized carbons (Fsp3) is 0.360. The summed E-state index contributed by atoms with van der Waals surface area (Å²) >= 11 is 6.33. The summed E-state index contributed by atoms with van der Waals surface area (Å²) < 4.78 is 28.0. The number of amides is 2. The van der Waals surface area contributed by atoms with Crippen LogP contribution in [-0.2, 0) is 26.0 Å². The number of hydrogen-bond acceptors (Lipinski definition) is 4. The van der Waals surface area contributed by atoms with Crippen molar-refractivity contribution in [3.63, 3.8) is 0 Å². The lowest BCUT2D eigenvalue weighted by molar-refractivity contribution is -0.118. The zero-order chi connectivity index (χ0) is 24.9. The number of halogens is 1. The van der Waals surface area contributed by atoms with E-state index in [1.807, 2.05) is 44.2 Å². The summed E-state index contributed by atoms with van der Waals surface area (Å²) in [6.07, 6.45) is 2.09. The van der Waals surface area contributed by atoms with Gasteiger partial charge < -0.3 is 10.6 Å². The van der Waals surface area contributed by atoms with Gasteiger partial charge in [-0.05, 0) is 48.1 Å². The van der Waals surface area contributed by atoms with Crippen molar-refractivity contribution >= 4 is 39.1 Å². The van der Waals surface area contributed by atoms with Crippen LogP contribution in [0.5, 0.6) is 0 Å². The predicted molar refractivity (Wildman–Crippen MR) is 134 cm³/mol. The Morgan fingerprint density at radius 3 is 2.35 bits per heavy atom. The molecule has 2 N–H and O–H groups in total. The molecule has 1 fully saturated rings. The van der Waals surface area contributed by atoms with E-state index in [0.29, 0.717) is 12.1 Å². The summed E-state index contributed by atoms with van der Waals surface area (Å²) in [5, 5.41) is 5.81. The van der Waals surface area contributed by atoms with E-state index < -0.39 is 10.0 Å². The van der Waals surface area contributed by atoms with Crippen LogP contribution < -0.4 is 10.6 Å². The normalized spacial score (nSPS) is 21.0. The largest absolute Gasteiger partial charge is 0.349 e. The molecule has 2 unspecified atom stereocenters. The Bertz CT molecular complexity index is 1140. The van der Waals surface area contributed by atoms with Gasteiger partial charge in [0.25, 0.3) is 0 Å². The summed E-state index contributed by atoms with van der Waals surface area (Å²) in [6.45, 7) is 7.83. The Morgan fingerprint density at radius 1 is 1.12 bits per heavy atom. The van der Waals surface area contributed by atoms with Crippen LogP contribution >= 0.6 is 11.6 Å². The SMILES string of the molecule is C=CC(=O)NC1C(C)CN(S(=O)(=O)c2ccc(NC(=O)CCc3ccccc3)c(Cl)c2)CC1C. The zero-order valence-corrected chi connectivity index (χ0v) is 20.9. The highest BCUT2D eigenvalue weighted by Gasteiger charge is 2.38. The van der Waals surface area contributed by atoms with Gasteiger partial charge >= 0.3 is 0 Å². The van der Waals surface area contributed by atoms with E-state index in [0.717, 1.165) is 5.56 Å². The first-order chi connectivity index (χ1) is 16.1. The smallest absolute Gasteiger partial charge is 0.243 e. The summed E-state index contributed by atoms with van der Waals surface area (Å²) in [4.78, 5) is 24.1. The number of hydrogen-bond donors (Lipinski definition) is 2. The first-order valence-corrected chi connectivity index (χ1v) is 13.0.